The van der Waals surface area contributed by atoms with Crippen LogP contribution in [-0.4, -0.2) is 60.8 Å². The molecule has 130 valence electrons. The van der Waals surface area contributed by atoms with Crippen molar-refractivity contribution in [2.24, 2.45) is 0 Å². The zero-order valence-corrected chi connectivity index (χ0v) is 14.1. The predicted molar refractivity (Wildman–Crippen MR) is 88.4 cm³/mol. The number of amides is 1. The lowest BCUT2D eigenvalue weighted by atomic mass is 10.2. The Kier molecular flexibility index (Phi) is 4.22. The number of likely N-dealkylation sites (tertiary alicyclic amines) is 2. The molecule has 0 spiro atoms. The second kappa shape index (κ2) is 6.51. The molecule has 24 heavy (non-hydrogen) atoms. The monoisotopic (exact) mass is 332 g/mol. The average molecular weight is 332 g/mol. The molecule has 0 saturated carbocycles. The van der Waals surface area contributed by atoms with Gasteiger partial charge in [-0.3, -0.25) is 9.69 Å². The SMILES string of the molecule is C[C@@H]1CCCN1C(=O)CN1CC[C@H](Oc2ccc3c(c2)OCO3)C1. The minimum atomic E-state index is 0.120. The molecule has 3 heterocycles. The molecular weight excluding hydrogens is 308 g/mol. The number of hydrogen-bond donors (Lipinski definition) is 0. The van der Waals surface area contributed by atoms with Crippen molar-refractivity contribution in [1.82, 2.24) is 9.80 Å². The fourth-order valence-electron chi connectivity index (χ4n) is 3.77. The van der Waals surface area contributed by atoms with Crippen molar-refractivity contribution in [3.63, 3.8) is 0 Å². The van der Waals surface area contributed by atoms with Crippen molar-refractivity contribution in [1.29, 1.82) is 0 Å². The summed E-state index contributed by atoms with van der Waals surface area (Å²) in [6.45, 7) is 5.52. The van der Waals surface area contributed by atoms with E-state index in [1.807, 2.05) is 23.1 Å². The molecule has 3 aliphatic heterocycles. The van der Waals surface area contributed by atoms with Gasteiger partial charge in [-0.1, -0.05) is 0 Å². The van der Waals surface area contributed by atoms with Crippen LogP contribution in [0.2, 0.25) is 0 Å². The molecule has 0 bridgehead atoms. The number of rotatable bonds is 4. The highest BCUT2D eigenvalue weighted by molar-refractivity contribution is 5.78. The van der Waals surface area contributed by atoms with Gasteiger partial charge >= 0.3 is 0 Å². The van der Waals surface area contributed by atoms with E-state index in [9.17, 15) is 4.79 Å². The summed E-state index contributed by atoms with van der Waals surface area (Å²) >= 11 is 0. The van der Waals surface area contributed by atoms with Crippen molar-refractivity contribution in [2.75, 3.05) is 33.0 Å². The summed E-state index contributed by atoms with van der Waals surface area (Å²) in [6.07, 6.45) is 3.32. The van der Waals surface area contributed by atoms with Gasteiger partial charge in [-0.2, -0.15) is 0 Å². The van der Waals surface area contributed by atoms with Gasteiger partial charge in [0.25, 0.3) is 0 Å². The molecule has 6 heteroatoms. The Bertz CT molecular complexity index is 621. The molecule has 0 unspecified atom stereocenters. The van der Waals surface area contributed by atoms with Gasteiger partial charge in [0.1, 0.15) is 11.9 Å². The molecule has 2 atom stereocenters. The van der Waals surface area contributed by atoms with Crippen LogP contribution < -0.4 is 14.2 Å². The number of hydrogen-bond acceptors (Lipinski definition) is 5. The van der Waals surface area contributed by atoms with Crippen LogP contribution in [0.5, 0.6) is 17.2 Å². The van der Waals surface area contributed by atoms with Crippen LogP contribution in [0.3, 0.4) is 0 Å². The maximum Gasteiger partial charge on any atom is 0.236 e. The topological polar surface area (TPSA) is 51.2 Å². The Morgan fingerprint density at radius 1 is 1.25 bits per heavy atom. The first kappa shape index (κ1) is 15.6. The molecular formula is C18H24N2O4. The van der Waals surface area contributed by atoms with E-state index in [1.54, 1.807) is 0 Å². The summed E-state index contributed by atoms with van der Waals surface area (Å²) in [6, 6.07) is 6.05. The first-order valence-electron chi connectivity index (χ1n) is 8.77. The maximum atomic E-state index is 12.4. The summed E-state index contributed by atoms with van der Waals surface area (Å²) < 4.78 is 16.8. The van der Waals surface area contributed by atoms with Gasteiger partial charge in [0.2, 0.25) is 12.7 Å². The van der Waals surface area contributed by atoms with E-state index < -0.39 is 0 Å². The Hall–Kier alpha value is -1.95. The van der Waals surface area contributed by atoms with Crippen LogP contribution in [0.25, 0.3) is 0 Å². The van der Waals surface area contributed by atoms with E-state index in [0.29, 0.717) is 12.6 Å². The fraction of sp³-hybridized carbons (Fsp3) is 0.611. The quantitative estimate of drug-likeness (QED) is 0.843. The van der Waals surface area contributed by atoms with Gasteiger partial charge in [-0.05, 0) is 38.3 Å². The first-order valence-corrected chi connectivity index (χ1v) is 8.77. The van der Waals surface area contributed by atoms with Crippen LogP contribution in [0, 0.1) is 0 Å². The van der Waals surface area contributed by atoms with Crippen molar-refractivity contribution in [2.45, 2.75) is 38.3 Å². The van der Waals surface area contributed by atoms with E-state index in [2.05, 4.69) is 11.8 Å². The van der Waals surface area contributed by atoms with Gasteiger partial charge in [0, 0.05) is 31.7 Å². The molecule has 1 aromatic rings. The molecule has 2 saturated heterocycles. The highest BCUT2D eigenvalue weighted by atomic mass is 16.7. The number of carbonyl (C=O) groups is 1. The molecule has 3 aliphatic rings. The molecule has 2 fully saturated rings. The van der Waals surface area contributed by atoms with Crippen LogP contribution >= 0.6 is 0 Å². The normalized spacial score (nSPS) is 26.1. The summed E-state index contributed by atoms with van der Waals surface area (Å²) in [5.74, 6) is 2.55. The molecule has 1 aromatic carbocycles. The van der Waals surface area contributed by atoms with Gasteiger partial charge in [0.05, 0.1) is 6.54 Å². The van der Waals surface area contributed by atoms with Gasteiger partial charge in [-0.25, -0.2) is 0 Å². The summed E-state index contributed by atoms with van der Waals surface area (Å²) in [5, 5.41) is 0. The number of ether oxygens (including phenoxy) is 3. The zero-order chi connectivity index (χ0) is 16.5. The highest BCUT2D eigenvalue weighted by Gasteiger charge is 2.30. The number of carbonyl (C=O) groups excluding carboxylic acids is 1. The standard InChI is InChI=1S/C18H24N2O4/c1-13-3-2-7-20(13)18(21)11-19-8-6-15(10-19)24-14-4-5-16-17(9-14)23-12-22-16/h4-5,9,13,15H,2-3,6-8,10-12H2,1H3/t13-,15+/m1/s1. The first-order chi connectivity index (χ1) is 11.7. The second-order valence-corrected chi connectivity index (χ2v) is 6.86. The van der Waals surface area contributed by atoms with Gasteiger partial charge in [0.15, 0.2) is 11.5 Å². The third kappa shape index (κ3) is 3.15. The number of benzene rings is 1. The fourth-order valence-corrected chi connectivity index (χ4v) is 3.77. The smallest absolute Gasteiger partial charge is 0.236 e. The number of nitrogens with zero attached hydrogens (tertiary/aromatic N) is 2. The third-order valence-corrected chi connectivity index (χ3v) is 5.11. The lowest BCUT2D eigenvalue weighted by Crippen LogP contribution is -2.41. The minimum absolute atomic E-state index is 0.120. The maximum absolute atomic E-state index is 12.4. The molecule has 4 rings (SSSR count). The lowest BCUT2D eigenvalue weighted by molar-refractivity contribution is -0.132. The Morgan fingerprint density at radius 2 is 2.12 bits per heavy atom. The predicted octanol–water partition coefficient (Wildman–Crippen LogP) is 1.88. The summed E-state index contributed by atoms with van der Waals surface area (Å²) in [7, 11) is 0. The molecule has 0 N–H and O–H groups in total. The van der Waals surface area contributed by atoms with Gasteiger partial charge < -0.3 is 19.1 Å². The molecule has 0 aliphatic carbocycles. The van der Waals surface area contributed by atoms with Crippen molar-refractivity contribution >= 4 is 5.91 Å². The van der Waals surface area contributed by atoms with E-state index in [0.717, 1.165) is 56.1 Å². The third-order valence-electron chi connectivity index (χ3n) is 5.11. The zero-order valence-electron chi connectivity index (χ0n) is 14.1. The summed E-state index contributed by atoms with van der Waals surface area (Å²) in [5.41, 5.74) is 0. The van der Waals surface area contributed by atoms with Crippen molar-refractivity contribution in [3.8, 4) is 17.2 Å². The number of fused-ring (bicyclic) bond motifs is 1. The van der Waals surface area contributed by atoms with E-state index in [1.165, 1.54) is 0 Å². The van der Waals surface area contributed by atoms with Crippen molar-refractivity contribution in [3.05, 3.63) is 18.2 Å². The highest BCUT2D eigenvalue weighted by Crippen LogP contribution is 2.35. The largest absolute Gasteiger partial charge is 0.489 e. The molecule has 0 radical (unpaired) electrons. The van der Waals surface area contributed by atoms with Crippen LogP contribution in [0.4, 0.5) is 0 Å². The average Bonchev–Trinajstić information content (AvgIpc) is 3.28. The Balaban J connectivity index is 1.29. The Morgan fingerprint density at radius 3 is 2.96 bits per heavy atom. The van der Waals surface area contributed by atoms with E-state index >= 15 is 0 Å². The second-order valence-electron chi connectivity index (χ2n) is 6.86. The van der Waals surface area contributed by atoms with Crippen LogP contribution in [0.1, 0.15) is 26.2 Å². The molecule has 0 aromatic heterocycles. The minimum Gasteiger partial charge on any atom is -0.489 e. The van der Waals surface area contributed by atoms with E-state index in [4.69, 9.17) is 14.2 Å². The van der Waals surface area contributed by atoms with Gasteiger partial charge in [-0.15, -0.1) is 0 Å². The molecule has 6 nitrogen and oxygen atoms in total. The Labute approximate surface area is 142 Å². The van der Waals surface area contributed by atoms with Crippen LogP contribution in [0.15, 0.2) is 18.2 Å². The molecule has 1 amide bonds. The van der Waals surface area contributed by atoms with Crippen LogP contribution in [-0.2, 0) is 4.79 Å². The summed E-state index contributed by atoms with van der Waals surface area (Å²) in [4.78, 5) is 16.6. The lowest BCUT2D eigenvalue weighted by Gasteiger charge is -2.24. The van der Waals surface area contributed by atoms with E-state index in [-0.39, 0.29) is 18.8 Å². The van der Waals surface area contributed by atoms with Crippen molar-refractivity contribution < 1.29 is 19.0 Å².